The molecular formula is C13H13ClN2O3. The van der Waals surface area contributed by atoms with E-state index in [2.05, 4.69) is 5.10 Å². The number of methoxy groups -OCH3 is 1. The zero-order chi connectivity index (χ0) is 14.0. The summed E-state index contributed by atoms with van der Waals surface area (Å²) in [5, 5.41) is 13.8. The topological polar surface area (TPSA) is 64.3 Å². The van der Waals surface area contributed by atoms with E-state index in [-0.39, 0.29) is 6.42 Å². The van der Waals surface area contributed by atoms with Crippen LogP contribution >= 0.6 is 11.6 Å². The molecule has 1 aromatic heterocycles. The lowest BCUT2D eigenvalue weighted by Crippen LogP contribution is -2.04. The summed E-state index contributed by atoms with van der Waals surface area (Å²) < 4.78 is 6.81. The summed E-state index contributed by atoms with van der Waals surface area (Å²) >= 11 is 6.12. The smallest absolute Gasteiger partial charge is 0.308 e. The molecular weight excluding hydrogens is 268 g/mol. The fourth-order valence-electron chi connectivity index (χ4n) is 1.89. The van der Waals surface area contributed by atoms with Crippen LogP contribution in [-0.2, 0) is 11.2 Å². The number of carbonyl (C=O) groups is 1. The van der Waals surface area contributed by atoms with Crippen molar-refractivity contribution in [3.8, 4) is 11.6 Å². The Hall–Kier alpha value is -2.01. The van der Waals surface area contributed by atoms with Crippen LogP contribution in [0.25, 0.3) is 5.69 Å². The number of aliphatic carboxylic acids is 1. The maximum atomic E-state index is 10.9. The zero-order valence-corrected chi connectivity index (χ0v) is 11.3. The number of ether oxygens (including phenoxy) is 1. The SMILES string of the molecule is COc1c(CC(=O)O)c(C)nn1-c1ccccc1Cl. The Morgan fingerprint density at radius 3 is 2.74 bits per heavy atom. The van der Waals surface area contributed by atoms with Gasteiger partial charge in [-0.05, 0) is 19.1 Å². The average molecular weight is 281 g/mol. The van der Waals surface area contributed by atoms with Crippen LogP contribution in [0, 0.1) is 6.92 Å². The molecule has 0 saturated carbocycles. The molecule has 6 heteroatoms. The van der Waals surface area contributed by atoms with E-state index >= 15 is 0 Å². The van der Waals surface area contributed by atoms with E-state index in [4.69, 9.17) is 21.4 Å². The monoisotopic (exact) mass is 280 g/mol. The number of aryl methyl sites for hydroxylation is 1. The van der Waals surface area contributed by atoms with Gasteiger partial charge in [-0.15, -0.1) is 0 Å². The Labute approximate surface area is 115 Å². The quantitative estimate of drug-likeness (QED) is 0.934. The van der Waals surface area contributed by atoms with Crippen LogP contribution in [-0.4, -0.2) is 28.0 Å². The Bertz CT molecular complexity index is 622. The summed E-state index contributed by atoms with van der Waals surface area (Å²) in [6.45, 7) is 1.74. The van der Waals surface area contributed by atoms with Gasteiger partial charge in [0.25, 0.3) is 0 Å². The van der Waals surface area contributed by atoms with Gasteiger partial charge in [0.05, 0.1) is 29.9 Å². The number of halogens is 1. The summed E-state index contributed by atoms with van der Waals surface area (Å²) in [5.41, 5.74) is 1.81. The minimum absolute atomic E-state index is 0.139. The molecule has 2 aromatic rings. The minimum Gasteiger partial charge on any atom is -0.481 e. The van der Waals surface area contributed by atoms with E-state index in [1.807, 2.05) is 12.1 Å². The normalized spacial score (nSPS) is 10.5. The number of aromatic nitrogens is 2. The van der Waals surface area contributed by atoms with Gasteiger partial charge in [-0.2, -0.15) is 9.78 Å². The molecule has 0 fully saturated rings. The number of para-hydroxylation sites is 1. The van der Waals surface area contributed by atoms with Crippen molar-refractivity contribution < 1.29 is 14.6 Å². The van der Waals surface area contributed by atoms with Crippen LogP contribution in [0.5, 0.6) is 5.88 Å². The first-order valence-corrected chi connectivity index (χ1v) is 6.01. The molecule has 5 nitrogen and oxygen atoms in total. The second kappa shape index (κ2) is 5.32. The van der Waals surface area contributed by atoms with E-state index < -0.39 is 5.97 Å². The lowest BCUT2D eigenvalue weighted by atomic mass is 10.2. The third kappa shape index (κ3) is 2.56. The third-order valence-electron chi connectivity index (χ3n) is 2.74. The van der Waals surface area contributed by atoms with Crippen molar-refractivity contribution in [2.24, 2.45) is 0 Å². The van der Waals surface area contributed by atoms with Gasteiger partial charge in [0.15, 0.2) is 0 Å². The summed E-state index contributed by atoms with van der Waals surface area (Å²) in [6.07, 6.45) is -0.139. The molecule has 0 aliphatic rings. The van der Waals surface area contributed by atoms with Crippen molar-refractivity contribution in [3.05, 3.63) is 40.5 Å². The van der Waals surface area contributed by atoms with Crippen molar-refractivity contribution >= 4 is 17.6 Å². The summed E-state index contributed by atoms with van der Waals surface area (Å²) in [7, 11) is 1.48. The Balaban J connectivity index is 2.59. The van der Waals surface area contributed by atoms with Gasteiger partial charge in [-0.1, -0.05) is 23.7 Å². The van der Waals surface area contributed by atoms with E-state index in [0.717, 1.165) is 0 Å². The van der Waals surface area contributed by atoms with Crippen LogP contribution in [0.4, 0.5) is 0 Å². The second-order valence-electron chi connectivity index (χ2n) is 4.01. The molecule has 1 heterocycles. The molecule has 0 aliphatic heterocycles. The van der Waals surface area contributed by atoms with Crippen molar-refractivity contribution in [1.82, 2.24) is 9.78 Å². The van der Waals surface area contributed by atoms with E-state index in [1.165, 1.54) is 11.8 Å². The van der Waals surface area contributed by atoms with Crippen LogP contribution in [0.3, 0.4) is 0 Å². The minimum atomic E-state index is -0.930. The van der Waals surface area contributed by atoms with Crippen molar-refractivity contribution in [2.45, 2.75) is 13.3 Å². The molecule has 100 valence electrons. The number of hydrogen-bond donors (Lipinski definition) is 1. The number of benzene rings is 1. The van der Waals surface area contributed by atoms with E-state index in [1.54, 1.807) is 19.1 Å². The molecule has 0 spiro atoms. The maximum absolute atomic E-state index is 10.9. The number of rotatable bonds is 4. The highest BCUT2D eigenvalue weighted by atomic mass is 35.5. The number of carboxylic acid groups (broad SMARTS) is 1. The Morgan fingerprint density at radius 2 is 2.16 bits per heavy atom. The van der Waals surface area contributed by atoms with Crippen molar-refractivity contribution in [1.29, 1.82) is 0 Å². The summed E-state index contributed by atoms with van der Waals surface area (Å²) in [4.78, 5) is 10.9. The lowest BCUT2D eigenvalue weighted by molar-refractivity contribution is -0.136. The molecule has 0 saturated heterocycles. The lowest BCUT2D eigenvalue weighted by Gasteiger charge is -2.08. The molecule has 2 rings (SSSR count). The molecule has 0 radical (unpaired) electrons. The Morgan fingerprint density at radius 1 is 1.47 bits per heavy atom. The molecule has 0 unspecified atom stereocenters. The van der Waals surface area contributed by atoms with Crippen molar-refractivity contribution in [2.75, 3.05) is 7.11 Å². The van der Waals surface area contributed by atoms with Gasteiger partial charge < -0.3 is 9.84 Å². The van der Waals surface area contributed by atoms with Gasteiger partial charge in [-0.3, -0.25) is 4.79 Å². The molecule has 0 bridgehead atoms. The van der Waals surface area contributed by atoms with Crippen LogP contribution in [0.15, 0.2) is 24.3 Å². The first-order valence-electron chi connectivity index (χ1n) is 5.63. The predicted octanol–water partition coefficient (Wildman–Crippen LogP) is 2.47. The van der Waals surface area contributed by atoms with Gasteiger partial charge in [0.1, 0.15) is 0 Å². The largest absolute Gasteiger partial charge is 0.481 e. The van der Waals surface area contributed by atoms with Crippen LogP contribution in [0.1, 0.15) is 11.3 Å². The fraction of sp³-hybridized carbons (Fsp3) is 0.231. The fourth-order valence-corrected chi connectivity index (χ4v) is 2.11. The molecule has 0 aliphatic carbocycles. The number of nitrogens with zero attached hydrogens (tertiary/aromatic N) is 2. The third-order valence-corrected chi connectivity index (χ3v) is 3.06. The highest BCUT2D eigenvalue weighted by molar-refractivity contribution is 6.32. The van der Waals surface area contributed by atoms with E-state index in [0.29, 0.717) is 27.8 Å². The van der Waals surface area contributed by atoms with Crippen LogP contribution in [0.2, 0.25) is 5.02 Å². The average Bonchev–Trinajstić information content (AvgIpc) is 2.66. The van der Waals surface area contributed by atoms with Gasteiger partial charge in [0.2, 0.25) is 5.88 Å². The van der Waals surface area contributed by atoms with Gasteiger partial charge in [-0.25, -0.2) is 0 Å². The summed E-state index contributed by atoms with van der Waals surface area (Å²) in [5.74, 6) is -0.534. The first-order chi connectivity index (χ1) is 9.04. The van der Waals surface area contributed by atoms with Crippen LogP contribution < -0.4 is 4.74 Å². The number of hydrogen-bond acceptors (Lipinski definition) is 3. The highest BCUT2D eigenvalue weighted by Gasteiger charge is 2.20. The maximum Gasteiger partial charge on any atom is 0.308 e. The second-order valence-corrected chi connectivity index (χ2v) is 4.41. The predicted molar refractivity (Wildman–Crippen MR) is 71.2 cm³/mol. The molecule has 19 heavy (non-hydrogen) atoms. The standard InChI is InChI=1S/C13H13ClN2O3/c1-8-9(7-12(17)18)13(19-2)16(15-8)11-6-4-3-5-10(11)14/h3-6H,7H2,1-2H3,(H,17,18). The highest BCUT2D eigenvalue weighted by Crippen LogP contribution is 2.29. The molecule has 0 amide bonds. The molecule has 1 N–H and O–H groups in total. The zero-order valence-electron chi connectivity index (χ0n) is 10.6. The first kappa shape index (κ1) is 13.4. The van der Waals surface area contributed by atoms with E-state index in [9.17, 15) is 4.79 Å². The van der Waals surface area contributed by atoms with Crippen molar-refractivity contribution in [3.63, 3.8) is 0 Å². The summed E-state index contributed by atoms with van der Waals surface area (Å²) in [6, 6.07) is 7.17. The molecule has 0 atom stereocenters. The number of carboxylic acids is 1. The molecule has 1 aromatic carbocycles. The van der Waals surface area contributed by atoms with Gasteiger partial charge in [0, 0.05) is 5.56 Å². The Kier molecular flexibility index (Phi) is 3.76. The van der Waals surface area contributed by atoms with Gasteiger partial charge >= 0.3 is 5.97 Å².